The molecule has 0 saturated heterocycles. The van der Waals surface area contributed by atoms with E-state index in [0.29, 0.717) is 5.56 Å². The maximum absolute atomic E-state index is 8.76. The van der Waals surface area contributed by atoms with Crippen molar-refractivity contribution in [3.8, 4) is 22.4 Å². The number of aromatic nitrogens is 1. The summed E-state index contributed by atoms with van der Waals surface area (Å²) in [6, 6.07) is 10.9. The first-order valence-electron chi connectivity index (χ1n) is 11.8. The molecule has 0 aliphatic carbocycles. The zero-order chi connectivity index (χ0) is 24.1. The molecule has 1 aromatic heterocycles. The Hall–Kier alpha value is -2.41. The van der Waals surface area contributed by atoms with Gasteiger partial charge < -0.3 is 0 Å². The third kappa shape index (κ3) is 3.91. The minimum Gasteiger partial charge on any atom is -0.256 e. The summed E-state index contributed by atoms with van der Waals surface area (Å²) in [6.45, 7) is 2.60. The number of rotatable bonds is 3. The molecule has 0 radical (unpaired) electrons. The number of nitrogens with zero attached hydrogens (tertiary/aromatic N) is 1. The average molecular weight is 324 g/mol. The van der Waals surface area contributed by atoms with Crippen LogP contribution in [0.5, 0.6) is 0 Å². The lowest BCUT2D eigenvalue weighted by atomic mass is 9.87. The Morgan fingerprint density at radius 3 is 2.38 bits per heavy atom. The van der Waals surface area contributed by atoms with Crippen LogP contribution in [-0.4, -0.2) is 4.98 Å². The molecule has 0 amide bonds. The fourth-order valence-corrected chi connectivity index (χ4v) is 2.38. The van der Waals surface area contributed by atoms with Crippen molar-refractivity contribution in [2.75, 3.05) is 0 Å². The monoisotopic (exact) mass is 323 g/mol. The summed E-state index contributed by atoms with van der Waals surface area (Å²) in [6.07, 6.45) is -0.634. The normalized spacial score (nSPS) is 17.5. The highest BCUT2D eigenvalue weighted by atomic mass is 14.7. The molecule has 0 spiro atoms. The van der Waals surface area contributed by atoms with Crippen LogP contribution >= 0.6 is 0 Å². The van der Waals surface area contributed by atoms with Gasteiger partial charge in [0.15, 0.2) is 0 Å². The zero-order valence-electron chi connectivity index (χ0n) is 22.1. The van der Waals surface area contributed by atoms with Crippen molar-refractivity contribution >= 4 is 0 Å². The summed E-state index contributed by atoms with van der Waals surface area (Å²) in [4.78, 5) is 4.22. The highest BCUT2D eigenvalue weighted by Gasteiger charge is 2.12. The van der Waals surface area contributed by atoms with E-state index in [-0.39, 0.29) is 46.1 Å². The molecule has 3 rings (SSSR count). The molecule has 24 heavy (non-hydrogen) atoms. The summed E-state index contributed by atoms with van der Waals surface area (Å²) in [7, 11) is 0. The molecule has 0 fully saturated rings. The minimum atomic E-state index is -2.61. The van der Waals surface area contributed by atoms with Crippen LogP contribution in [0.1, 0.15) is 42.9 Å². The fourth-order valence-electron chi connectivity index (χ4n) is 2.38. The van der Waals surface area contributed by atoms with E-state index in [2.05, 4.69) is 4.98 Å². The van der Waals surface area contributed by atoms with E-state index in [1.165, 1.54) is 18.3 Å². The summed E-state index contributed by atoms with van der Waals surface area (Å²) in [5, 5.41) is 0. The number of hydrogen-bond donors (Lipinski definition) is 0. The fraction of sp³-hybridized carbons (Fsp3) is 0.261. The van der Waals surface area contributed by atoms with Crippen LogP contribution in [0.25, 0.3) is 22.4 Å². The summed E-state index contributed by atoms with van der Waals surface area (Å²) >= 11 is 0. The highest BCUT2D eigenvalue weighted by molar-refractivity contribution is 5.73. The second kappa shape index (κ2) is 6.60. The number of aryl methyl sites for hydroxylation is 1. The van der Waals surface area contributed by atoms with Crippen molar-refractivity contribution in [2.24, 2.45) is 5.41 Å². The van der Waals surface area contributed by atoms with E-state index in [9.17, 15) is 0 Å². The van der Waals surface area contributed by atoms with Crippen LogP contribution in [0.3, 0.4) is 0 Å². The lowest BCUT2D eigenvalue weighted by Gasteiger charge is -2.18. The van der Waals surface area contributed by atoms with Gasteiger partial charge in [-0.3, -0.25) is 4.98 Å². The third-order valence-electron chi connectivity index (χ3n) is 3.40. The van der Waals surface area contributed by atoms with E-state index >= 15 is 0 Å². The van der Waals surface area contributed by atoms with Crippen molar-refractivity contribution in [1.29, 1.82) is 0 Å². The van der Waals surface area contributed by atoms with Gasteiger partial charge in [0.2, 0.25) is 0 Å². The molecule has 3 aromatic rings. The van der Waals surface area contributed by atoms with Gasteiger partial charge >= 0.3 is 0 Å². The van der Waals surface area contributed by atoms with Crippen LogP contribution in [0.4, 0.5) is 0 Å². The Morgan fingerprint density at radius 2 is 1.75 bits per heavy atom. The molecule has 0 N–H and O–H groups in total. The zero-order valence-corrected chi connectivity index (χ0v) is 14.1. The van der Waals surface area contributed by atoms with Gasteiger partial charge in [0.25, 0.3) is 0 Å². The first-order valence-corrected chi connectivity index (χ1v) is 7.84. The molecule has 0 unspecified atom stereocenters. The molecule has 0 aliphatic rings. The van der Waals surface area contributed by atoms with Gasteiger partial charge in [-0.25, -0.2) is 0 Å². The minimum absolute atomic E-state index is 0.0193. The smallest absolute Gasteiger partial charge is 0.0708 e. The predicted molar refractivity (Wildman–Crippen MR) is 103 cm³/mol. The van der Waals surface area contributed by atoms with Gasteiger partial charge in [0.05, 0.1) is 9.81 Å². The molecule has 0 aliphatic heterocycles. The predicted octanol–water partition coefficient (Wildman–Crippen LogP) is 6.31. The van der Waals surface area contributed by atoms with Crippen LogP contribution in [0, 0.1) is 12.3 Å². The SMILES string of the molecule is [2H]c1cc(C([2H])([2H])C(C)(C)C)cc([2H])c1-c1c(C([2H])([2H])[2H])cnc(-c2ccccc2)c1[2H]. The van der Waals surface area contributed by atoms with Crippen molar-refractivity contribution in [1.82, 2.24) is 4.98 Å². The largest absolute Gasteiger partial charge is 0.256 e. The quantitative estimate of drug-likeness (QED) is 0.550. The molecule has 1 heterocycles. The Balaban J connectivity index is 2.34. The molecule has 0 atom stereocenters. The molecular weight excluding hydrogens is 290 g/mol. The number of benzene rings is 2. The second-order valence-electron chi connectivity index (χ2n) is 6.67. The van der Waals surface area contributed by atoms with Gasteiger partial charge in [0, 0.05) is 18.6 Å². The van der Waals surface area contributed by atoms with Crippen molar-refractivity contribution in [2.45, 2.75) is 34.0 Å². The van der Waals surface area contributed by atoms with E-state index < -0.39 is 18.6 Å². The standard InChI is InChI=1S/C23H25N/c1-17-16-24-22(20-8-6-5-7-9-20)14-21(17)19-12-10-18(11-13-19)15-23(2,3)4/h5-14,16H,15H2,1-4H3/i1D3,12D,13D,14D,15D2. The Kier molecular flexibility index (Phi) is 2.52. The van der Waals surface area contributed by atoms with E-state index in [1.54, 1.807) is 45.0 Å². The average Bonchev–Trinajstić information content (AvgIpc) is 2.67. The van der Waals surface area contributed by atoms with E-state index in [1.807, 2.05) is 6.07 Å². The Morgan fingerprint density at radius 1 is 1.04 bits per heavy atom. The van der Waals surface area contributed by atoms with E-state index in [4.69, 9.17) is 11.0 Å². The van der Waals surface area contributed by atoms with Crippen LogP contribution < -0.4 is 0 Å². The van der Waals surface area contributed by atoms with Gasteiger partial charge in [-0.05, 0) is 46.9 Å². The lowest BCUT2D eigenvalue weighted by molar-refractivity contribution is 0.411. The molecule has 0 saturated carbocycles. The Labute approximate surface area is 156 Å². The molecule has 0 bridgehead atoms. The van der Waals surface area contributed by atoms with Gasteiger partial charge in [0.1, 0.15) is 0 Å². The molecular formula is C23H25N. The van der Waals surface area contributed by atoms with Gasteiger partial charge in [-0.1, -0.05) is 75.3 Å². The maximum atomic E-state index is 8.76. The van der Waals surface area contributed by atoms with Crippen molar-refractivity contribution in [3.05, 3.63) is 77.9 Å². The van der Waals surface area contributed by atoms with Crippen molar-refractivity contribution < 1.29 is 11.0 Å². The second-order valence-corrected chi connectivity index (χ2v) is 6.67. The summed E-state index contributed by atoms with van der Waals surface area (Å²) in [5.74, 6) is 0. The molecule has 1 nitrogen and oxygen atoms in total. The van der Waals surface area contributed by atoms with Crippen molar-refractivity contribution in [3.63, 3.8) is 0 Å². The third-order valence-corrected chi connectivity index (χ3v) is 3.40. The topological polar surface area (TPSA) is 12.9 Å². The van der Waals surface area contributed by atoms with Gasteiger partial charge in [-0.15, -0.1) is 0 Å². The van der Waals surface area contributed by atoms with Crippen LogP contribution in [-0.2, 0) is 6.37 Å². The van der Waals surface area contributed by atoms with E-state index in [0.717, 1.165) is 0 Å². The maximum Gasteiger partial charge on any atom is 0.0708 e. The van der Waals surface area contributed by atoms with Gasteiger partial charge in [-0.2, -0.15) is 0 Å². The van der Waals surface area contributed by atoms with Crippen LogP contribution in [0.2, 0.25) is 0 Å². The van der Waals surface area contributed by atoms with Crippen LogP contribution in [0.15, 0.2) is 66.8 Å². The first kappa shape index (κ1) is 9.17. The highest BCUT2D eigenvalue weighted by Crippen LogP contribution is 2.29. The Bertz CT molecular complexity index is 1120. The molecule has 122 valence electrons. The number of pyridine rings is 1. The molecule has 1 heteroatoms. The molecule has 2 aromatic carbocycles. The summed E-state index contributed by atoms with van der Waals surface area (Å²) in [5.41, 5.74) is -0.0181. The summed E-state index contributed by atoms with van der Waals surface area (Å²) < 4.78 is 66.6. The number of hydrogen-bond acceptors (Lipinski definition) is 1. The first-order chi connectivity index (χ1) is 14.7. The lowest BCUT2D eigenvalue weighted by Crippen LogP contribution is -2.08.